The first-order valence-electron chi connectivity index (χ1n) is 11.7. The molecule has 1 aliphatic heterocycles. The van der Waals surface area contributed by atoms with Gasteiger partial charge in [-0.25, -0.2) is 0 Å². The summed E-state index contributed by atoms with van der Waals surface area (Å²) in [5.74, 6) is 1.71. The lowest BCUT2D eigenvalue weighted by molar-refractivity contribution is 0.0761. The number of aryl methyl sites for hydroxylation is 2. The molecule has 0 saturated carbocycles. The Kier molecular flexibility index (Phi) is 6.06. The standard InChI is InChI=1S/C28H28N4O2/c1-18-3-7-25(19(2)13-18)31-28-21(15-29)16-30-26-14-20(4-6-24(26)28)27-8-5-23(34-27)17-32-11-9-22(33)10-12-32/h3-8,13-14,16,22,33H,9-12,17H2,1-2H3,(H,30,31). The lowest BCUT2D eigenvalue weighted by atomic mass is 10.0. The molecule has 0 spiro atoms. The van der Waals surface area contributed by atoms with Crippen LogP contribution in [-0.4, -0.2) is 34.2 Å². The average molecular weight is 453 g/mol. The minimum absolute atomic E-state index is 0.177. The molecule has 2 aromatic heterocycles. The van der Waals surface area contributed by atoms with E-state index in [2.05, 4.69) is 47.3 Å². The molecule has 0 aliphatic carbocycles. The molecule has 34 heavy (non-hydrogen) atoms. The van der Waals surface area contributed by atoms with Gasteiger partial charge in [-0.1, -0.05) is 23.8 Å². The molecule has 4 aromatic rings. The largest absolute Gasteiger partial charge is 0.460 e. The minimum Gasteiger partial charge on any atom is -0.460 e. The molecule has 0 atom stereocenters. The molecule has 172 valence electrons. The van der Waals surface area contributed by atoms with E-state index in [1.807, 2.05) is 36.4 Å². The number of nitrogens with zero attached hydrogens (tertiary/aromatic N) is 3. The van der Waals surface area contributed by atoms with Crippen molar-refractivity contribution in [1.29, 1.82) is 5.26 Å². The number of likely N-dealkylation sites (tertiary alicyclic amines) is 1. The number of fused-ring (bicyclic) bond motifs is 1. The van der Waals surface area contributed by atoms with E-state index in [0.717, 1.165) is 77.4 Å². The molecule has 2 N–H and O–H groups in total. The summed E-state index contributed by atoms with van der Waals surface area (Å²) in [6.45, 7) is 6.64. The predicted octanol–water partition coefficient (Wildman–Crippen LogP) is 5.68. The number of rotatable bonds is 5. The Morgan fingerprint density at radius 2 is 1.94 bits per heavy atom. The molecule has 0 unspecified atom stereocenters. The summed E-state index contributed by atoms with van der Waals surface area (Å²) in [6, 6.07) is 18.5. The highest BCUT2D eigenvalue weighted by molar-refractivity contribution is 5.97. The molecule has 0 bridgehead atoms. The highest BCUT2D eigenvalue weighted by Gasteiger charge is 2.18. The number of pyridine rings is 1. The first kappa shape index (κ1) is 22.1. The van der Waals surface area contributed by atoms with Gasteiger partial charge in [0.2, 0.25) is 0 Å². The zero-order valence-electron chi connectivity index (χ0n) is 19.5. The van der Waals surface area contributed by atoms with E-state index in [-0.39, 0.29) is 6.10 Å². The first-order valence-corrected chi connectivity index (χ1v) is 11.7. The highest BCUT2D eigenvalue weighted by Crippen LogP contribution is 2.33. The topological polar surface area (TPSA) is 85.3 Å². The second-order valence-corrected chi connectivity index (χ2v) is 9.11. The van der Waals surface area contributed by atoms with Gasteiger partial charge in [0.1, 0.15) is 17.6 Å². The smallest absolute Gasteiger partial charge is 0.134 e. The number of aromatic nitrogens is 1. The summed E-state index contributed by atoms with van der Waals surface area (Å²) in [6.07, 6.45) is 3.07. The molecule has 1 fully saturated rings. The molecule has 3 heterocycles. The van der Waals surface area contributed by atoms with Crippen molar-refractivity contribution in [3.05, 3.63) is 77.2 Å². The maximum atomic E-state index is 9.71. The van der Waals surface area contributed by atoms with Crippen LogP contribution in [-0.2, 0) is 6.54 Å². The van der Waals surface area contributed by atoms with Crippen LogP contribution in [0, 0.1) is 25.2 Å². The maximum absolute atomic E-state index is 9.71. The van der Waals surface area contributed by atoms with Gasteiger partial charge in [-0.2, -0.15) is 5.26 Å². The summed E-state index contributed by atoms with van der Waals surface area (Å²) in [7, 11) is 0. The number of anilines is 2. The molecule has 5 rings (SSSR count). The third-order valence-electron chi connectivity index (χ3n) is 6.51. The fourth-order valence-corrected chi connectivity index (χ4v) is 4.57. The number of furan rings is 1. The van der Waals surface area contributed by atoms with Crippen LogP contribution < -0.4 is 5.32 Å². The molecule has 0 radical (unpaired) electrons. The van der Waals surface area contributed by atoms with Crippen molar-refractivity contribution in [2.75, 3.05) is 18.4 Å². The van der Waals surface area contributed by atoms with Gasteiger partial charge in [-0.3, -0.25) is 9.88 Å². The molecule has 6 nitrogen and oxygen atoms in total. The monoisotopic (exact) mass is 452 g/mol. The van der Waals surface area contributed by atoms with Gasteiger partial charge in [-0.05, 0) is 62.6 Å². The molecule has 1 saturated heterocycles. The molecule has 1 aliphatic rings. The van der Waals surface area contributed by atoms with Gasteiger partial charge in [0, 0.05) is 35.9 Å². The third-order valence-corrected chi connectivity index (χ3v) is 6.51. The zero-order valence-corrected chi connectivity index (χ0v) is 19.5. The lowest BCUT2D eigenvalue weighted by Gasteiger charge is -2.28. The number of benzene rings is 2. The van der Waals surface area contributed by atoms with Crippen LogP contribution in [0.2, 0.25) is 0 Å². The van der Waals surface area contributed by atoms with E-state index in [0.29, 0.717) is 5.56 Å². The van der Waals surface area contributed by atoms with Crippen LogP contribution in [0.4, 0.5) is 11.4 Å². The second kappa shape index (κ2) is 9.30. The summed E-state index contributed by atoms with van der Waals surface area (Å²) < 4.78 is 6.15. The van der Waals surface area contributed by atoms with E-state index in [9.17, 15) is 10.4 Å². The van der Waals surface area contributed by atoms with Crippen LogP contribution in [0.5, 0.6) is 0 Å². The van der Waals surface area contributed by atoms with Crippen molar-refractivity contribution in [2.24, 2.45) is 0 Å². The quantitative estimate of drug-likeness (QED) is 0.405. The number of aliphatic hydroxyl groups excluding tert-OH is 1. The van der Waals surface area contributed by atoms with Gasteiger partial charge >= 0.3 is 0 Å². The number of nitrogens with one attached hydrogen (secondary N) is 1. The van der Waals surface area contributed by atoms with Gasteiger partial charge < -0.3 is 14.8 Å². The Morgan fingerprint density at radius 3 is 2.71 bits per heavy atom. The van der Waals surface area contributed by atoms with Crippen molar-refractivity contribution in [3.8, 4) is 17.4 Å². The number of hydrogen-bond acceptors (Lipinski definition) is 6. The van der Waals surface area contributed by atoms with E-state index in [4.69, 9.17) is 4.42 Å². The molecular weight excluding hydrogens is 424 g/mol. The van der Waals surface area contributed by atoms with Crippen LogP contribution in [0.25, 0.3) is 22.2 Å². The van der Waals surface area contributed by atoms with Crippen LogP contribution >= 0.6 is 0 Å². The predicted molar refractivity (Wildman–Crippen MR) is 134 cm³/mol. The van der Waals surface area contributed by atoms with Crippen molar-refractivity contribution in [3.63, 3.8) is 0 Å². The SMILES string of the molecule is Cc1ccc(Nc2c(C#N)cnc3cc(-c4ccc(CN5CCC(O)CC5)o4)ccc23)c(C)c1. The summed E-state index contributed by atoms with van der Waals surface area (Å²) >= 11 is 0. The van der Waals surface area contributed by atoms with Crippen LogP contribution in [0.3, 0.4) is 0 Å². The molecule has 0 amide bonds. The van der Waals surface area contributed by atoms with Crippen molar-refractivity contribution < 1.29 is 9.52 Å². The fourth-order valence-electron chi connectivity index (χ4n) is 4.57. The van der Waals surface area contributed by atoms with Gasteiger partial charge in [0.15, 0.2) is 0 Å². The van der Waals surface area contributed by atoms with Gasteiger partial charge in [0.05, 0.1) is 29.4 Å². The molecular formula is C28H28N4O2. The van der Waals surface area contributed by atoms with Gasteiger partial charge in [-0.15, -0.1) is 0 Å². The highest BCUT2D eigenvalue weighted by atomic mass is 16.3. The Balaban J connectivity index is 1.43. The van der Waals surface area contributed by atoms with E-state index in [1.54, 1.807) is 6.20 Å². The van der Waals surface area contributed by atoms with E-state index in [1.165, 1.54) is 5.56 Å². The lowest BCUT2D eigenvalue weighted by Crippen LogP contribution is -2.35. The van der Waals surface area contributed by atoms with Crippen LogP contribution in [0.1, 0.15) is 35.3 Å². The second-order valence-electron chi connectivity index (χ2n) is 9.11. The third kappa shape index (κ3) is 4.54. The Labute approximate surface area is 199 Å². The Hall–Kier alpha value is -3.66. The van der Waals surface area contributed by atoms with Crippen molar-refractivity contribution >= 4 is 22.3 Å². The summed E-state index contributed by atoms with van der Waals surface area (Å²) in [5.41, 5.74) is 6.31. The van der Waals surface area contributed by atoms with Crippen LogP contribution in [0.15, 0.2) is 59.1 Å². The fraction of sp³-hybridized carbons (Fsp3) is 0.286. The van der Waals surface area contributed by atoms with Crippen molar-refractivity contribution in [1.82, 2.24) is 9.88 Å². The van der Waals surface area contributed by atoms with E-state index >= 15 is 0 Å². The summed E-state index contributed by atoms with van der Waals surface area (Å²) in [5, 5.41) is 23.8. The van der Waals surface area contributed by atoms with Crippen molar-refractivity contribution in [2.45, 2.75) is 39.3 Å². The molecule has 6 heteroatoms. The number of piperidine rings is 1. The Morgan fingerprint density at radius 1 is 1.12 bits per heavy atom. The van der Waals surface area contributed by atoms with Gasteiger partial charge in [0.25, 0.3) is 0 Å². The maximum Gasteiger partial charge on any atom is 0.134 e. The number of hydrogen-bond donors (Lipinski definition) is 2. The number of nitriles is 1. The number of aliphatic hydroxyl groups is 1. The molecule has 2 aromatic carbocycles. The average Bonchev–Trinajstić information content (AvgIpc) is 3.30. The van der Waals surface area contributed by atoms with E-state index < -0.39 is 0 Å². The first-order chi connectivity index (χ1) is 16.5. The normalized spacial score (nSPS) is 14.9. The summed E-state index contributed by atoms with van der Waals surface area (Å²) in [4.78, 5) is 6.86. The zero-order chi connectivity index (χ0) is 23.7. The minimum atomic E-state index is -0.177. The Bertz CT molecular complexity index is 1380.